The van der Waals surface area contributed by atoms with Gasteiger partial charge in [0.2, 0.25) is 0 Å². The fraction of sp³-hybridized carbons (Fsp3) is 0.500. The normalized spacial score (nSPS) is 12.4. The first-order valence-electron chi connectivity index (χ1n) is 4.75. The van der Waals surface area contributed by atoms with Gasteiger partial charge in [0.1, 0.15) is 6.04 Å². The van der Waals surface area contributed by atoms with E-state index in [-0.39, 0.29) is 5.97 Å². The number of hydrogen-bond donors (Lipinski definition) is 1. The molecule has 0 amide bonds. The molecule has 5 heteroatoms. The molecule has 0 bridgehead atoms. The summed E-state index contributed by atoms with van der Waals surface area (Å²) >= 11 is 3.33. The minimum Gasteiger partial charge on any atom is -0.465 e. The van der Waals surface area contributed by atoms with Crippen LogP contribution < -0.4 is 5.73 Å². The number of carbonyl (C=O) groups excluding carboxylic acids is 1. The van der Waals surface area contributed by atoms with Gasteiger partial charge in [-0.15, -0.1) is 0 Å². The Bertz CT molecular complexity index is 288. The van der Waals surface area contributed by atoms with Crippen molar-refractivity contribution in [3.63, 3.8) is 0 Å². The monoisotopic (exact) mass is 245 g/mol. The molecule has 0 aliphatic heterocycles. The van der Waals surface area contributed by atoms with Gasteiger partial charge in [0, 0.05) is 11.5 Å². The van der Waals surface area contributed by atoms with Crippen LogP contribution in [0.2, 0.25) is 0 Å². The Balaban J connectivity index is 2.17. The molecule has 0 fully saturated rings. The average Bonchev–Trinajstić information content (AvgIpc) is 2.71. The third-order valence-electron chi connectivity index (χ3n) is 1.74. The minimum atomic E-state index is -0.506. The molecular formula is C10H15NO2S2. The lowest BCUT2D eigenvalue weighted by atomic mass is 10.4. The van der Waals surface area contributed by atoms with Gasteiger partial charge in [-0.2, -0.15) is 23.1 Å². The summed E-state index contributed by atoms with van der Waals surface area (Å²) in [7, 11) is 0. The molecular weight excluding hydrogens is 230 g/mol. The molecule has 1 heterocycles. The van der Waals surface area contributed by atoms with Gasteiger partial charge in [0.25, 0.3) is 0 Å². The first-order valence-corrected chi connectivity index (χ1v) is 6.84. The summed E-state index contributed by atoms with van der Waals surface area (Å²) in [6.07, 6.45) is 0. The third-order valence-corrected chi connectivity index (χ3v) is 3.60. The number of nitrogens with two attached hydrogens (primary N) is 1. The van der Waals surface area contributed by atoms with Crippen LogP contribution in [-0.2, 0) is 15.3 Å². The molecule has 0 spiro atoms. The van der Waals surface area contributed by atoms with Crippen molar-refractivity contribution in [3.8, 4) is 0 Å². The van der Waals surface area contributed by atoms with E-state index in [0.717, 1.165) is 5.75 Å². The first-order chi connectivity index (χ1) is 7.24. The Labute approximate surface area is 98.0 Å². The van der Waals surface area contributed by atoms with Gasteiger partial charge in [-0.3, -0.25) is 4.79 Å². The zero-order valence-corrected chi connectivity index (χ0v) is 10.3. The van der Waals surface area contributed by atoms with Crippen molar-refractivity contribution in [3.05, 3.63) is 22.4 Å². The topological polar surface area (TPSA) is 52.3 Å². The van der Waals surface area contributed by atoms with E-state index in [1.807, 2.05) is 5.38 Å². The second-order valence-electron chi connectivity index (χ2n) is 3.01. The van der Waals surface area contributed by atoms with Crippen molar-refractivity contribution in [2.75, 3.05) is 12.4 Å². The second-order valence-corrected chi connectivity index (χ2v) is 4.82. The van der Waals surface area contributed by atoms with E-state index in [2.05, 4.69) is 11.4 Å². The number of ether oxygens (including phenoxy) is 1. The Morgan fingerprint density at radius 3 is 3.13 bits per heavy atom. The molecule has 1 aromatic rings. The van der Waals surface area contributed by atoms with Crippen LogP contribution in [0.15, 0.2) is 16.8 Å². The first kappa shape index (κ1) is 12.5. The van der Waals surface area contributed by atoms with Gasteiger partial charge in [-0.1, -0.05) is 0 Å². The molecule has 1 atom stereocenters. The number of esters is 1. The number of carbonyl (C=O) groups is 1. The van der Waals surface area contributed by atoms with Gasteiger partial charge in [-0.05, 0) is 29.3 Å². The highest BCUT2D eigenvalue weighted by Crippen LogP contribution is 2.15. The van der Waals surface area contributed by atoms with E-state index in [0.29, 0.717) is 12.4 Å². The molecule has 0 saturated heterocycles. The summed E-state index contributed by atoms with van der Waals surface area (Å²) in [4.78, 5) is 11.2. The summed E-state index contributed by atoms with van der Waals surface area (Å²) < 4.78 is 4.82. The molecule has 0 aromatic carbocycles. The SMILES string of the molecule is CCOC(=O)[C@@H](N)CSCc1ccsc1. The molecule has 1 rings (SSSR count). The van der Waals surface area contributed by atoms with Crippen molar-refractivity contribution in [2.45, 2.75) is 18.7 Å². The number of hydrogen-bond acceptors (Lipinski definition) is 5. The maximum atomic E-state index is 11.2. The van der Waals surface area contributed by atoms with E-state index >= 15 is 0 Å². The van der Waals surface area contributed by atoms with E-state index in [1.54, 1.807) is 30.0 Å². The maximum Gasteiger partial charge on any atom is 0.323 e. The van der Waals surface area contributed by atoms with Crippen LogP contribution in [0.5, 0.6) is 0 Å². The van der Waals surface area contributed by atoms with Gasteiger partial charge >= 0.3 is 5.97 Å². The largest absolute Gasteiger partial charge is 0.465 e. The molecule has 0 aliphatic carbocycles. The zero-order chi connectivity index (χ0) is 11.1. The average molecular weight is 245 g/mol. The predicted octanol–water partition coefficient (Wildman–Crippen LogP) is 1.87. The Morgan fingerprint density at radius 1 is 1.73 bits per heavy atom. The third kappa shape index (κ3) is 4.68. The highest BCUT2D eigenvalue weighted by Gasteiger charge is 2.13. The lowest BCUT2D eigenvalue weighted by Gasteiger charge is -2.09. The predicted molar refractivity (Wildman–Crippen MR) is 65.1 cm³/mol. The van der Waals surface area contributed by atoms with Crippen molar-refractivity contribution in [1.29, 1.82) is 0 Å². The summed E-state index contributed by atoms with van der Waals surface area (Å²) in [6.45, 7) is 2.17. The fourth-order valence-corrected chi connectivity index (χ4v) is 2.69. The summed E-state index contributed by atoms with van der Waals surface area (Å²) in [5, 5.41) is 4.14. The summed E-state index contributed by atoms with van der Waals surface area (Å²) in [6, 6.07) is 1.57. The molecule has 0 radical (unpaired) electrons. The van der Waals surface area contributed by atoms with Crippen LogP contribution in [0.25, 0.3) is 0 Å². The lowest BCUT2D eigenvalue weighted by molar-refractivity contribution is -0.144. The van der Waals surface area contributed by atoms with Crippen LogP contribution in [0.1, 0.15) is 12.5 Å². The molecule has 0 aliphatic rings. The van der Waals surface area contributed by atoms with Crippen molar-refractivity contribution < 1.29 is 9.53 Å². The molecule has 84 valence electrons. The molecule has 0 saturated carbocycles. The molecule has 3 nitrogen and oxygen atoms in total. The molecule has 15 heavy (non-hydrogen) atoms. The quantitative estimate of drug-likeness (QED) is 0.777. The molecule has 2 N–H and O–H groups in total. The summed E-state index contributed by atoms with van der Waals surface area (Å²) in [5.74, 6) is 1.20. The highest BCUT2D eigenvalue weighted by atomic mass is 32.2. The van der Waals surface area contributed by atoms with Gasteiger partial charge < -0.3 is 10.5 Å². The van der Waals surface area contributed by atoms with Crippen LogP contribution in [0.3, 0.4) is 0 Å². The number of thiophene rings is 1. The smallest absolute Gasteiger partial charge is 0.323 e. The second kappa shape index (κ2) is 6.87. The van der Waals surface area contributed by atoms with Crippen molar-refractivity contribution >= 4 is 29.1 Å². The Kier molecular flexibility index (Phi) is 5.75. The number of thioether (sulfide) groups is 1. The van der Waals surface area contributed by atoms with Gasteiger partial charge in [0.05, 0.1) is 6.61 Å². The molecule has 0 unspecified atom stereocenters. The Hall–Kier alpha value is -0.520. The maximum absolute atomic E-state index is 11.2. The zero-order valence-electron chi connectivity index (χ0n) is 8.64. The fourth-order valence-electron chi connectivity index (χ4n) is 0.996. The summed E-state index contributed by atoms with van der Waals surface area (Å²) in [5.41, 5.74) is 6.93. The van der Waals surface area contributed by atoms with Crippen LogP contribution in [-0.4, -0.2) is 24.4 Å². The minimum absolute atomic E-state index is 0.310. The van der Waals surface area contributed by atoms with E-state index < -0.39 is 6.04 Å². The number of rotatable bonds is 6. The van der Waals surface area contributed by atoms with Gasteiger partial charge in [-0.25, -0.2) is 0 Å². The van der Waals surface area contributed by atoms with E-state index in [1.165, 1.54) is 5.56 Å². The Morgan fingerprint density at radius 2 is 2.53 bits per heavy atom. The van der Waals surface area contributed by atoms with Crippen LogP contribution in [0.4, 0.5) is 0 Å². The van der Waals surface area contributed by atoms with Crippen LogP contribution in [0, 0.1) is 0 Å². The van der Waals surface area contributed by atoms with Crippen molar-refractivity contribution in [2.24, 2.45) is 5.73 Å². The van der Waals surface area contributed by atoms with Crippen molar-refractivity contribution in [1.82, 2.24) is 0 Å². The van der Waals surface area contributed by atoms with Crippen LogP contribution >= 0.6 is 23.1 Å². The molecule has 1 aromatic heterocycles. The van der Waals surface area contributed by atoms with E-state index in [9.17, 15) is 4.79 Å². The van der Waals surface area contributed by atoms with E-state index in [4.69, 9.17) is 10.5 Å². The van der Waals surface area contributed by atoms with Gasteiger partial charge in [0.15, 0.2) is 0 Å². The lowest BCUT2D eigenvalue weighted by Crippen LogP contribution is -2.34. The standard InChI is InChI=1S/C10H15NO2S2/c1-2-13-10(12)9(11)7-15-6-8-3-4-14-5-8/h3-5,9H,2,6-7,11H2,1H3/t9-/m0/s1. The highest BCUT2D eigenvalue weighted by molar-refractivity contribution is 7.98.